The van der Waals surface area contributed by atoms with Crippen LogP contribution in [0.3, 0.4) is 0 Å². The maximum absolute atomic E-state index is 10.8. The van der Waals surface area contributed by atoms with Gasteiger partial charge in [0, 0.05) is 19.5 Å². The highest BCUT2D eigenvalue weighted by Gasteiger charge is 2.20. The molecular formula is C7H10N2O2. The molecule has 0 unspecified atom stereocenters. The van der Waals surface area contributed by atoms with E-state index in [-0.39, 0.29) is 12.5 Å². The maximum Gasteiger partial charge on any atom is 0.262 e. The quantitative estimate of drug-likeness (QED) is 0.487. The number of amides is 1. The molecule has 2 rings (SSSR count). The van der Waals surface area contributed by atoms with Crippen molar-refractivity contribution in [1.29, 1.82) is 0 Å². The van der Waals surface area contributed by atoms with Gasteiger partial charge in [-0.25, -0.2) is 0 Å². The van der Waals surface area contributed by atoms with Gasteiger partial charge in [-0.15, -0.1) is 0 Å². The zero-order chi connectivity index (χ0) is 7.68. The molecule has 2 N–H and O–H groups in total. The summed E-state index contributed by atoms with van der Waals surface area (Å²) in [6.07, 6.45) is 0.885. The van der Waals surface area contributed by atoms with E-state index in [1.54, 1.807) is 0 Å². The van der Waals surface area contributed by atoms with Crippen molar-refractivity contribution < 1.29 is 9.53 Å². The summed E-state index contributed by atoms with van der Waals surface area (Å²) in [5.41, 5.74) is 0.910. The molecule has 1 amide bonds. The Kier molecular flexibility index (Phi) is 1.54. The van der Waals surface area contributed by atoms with Gasteiger partial charge in [-0.05, 0) is 0 Å². The van der Waals surface area contributed by atoms with Crippen LogP contribution in [0, 0.1) is 0 Å². The molecule has 0 atom stereocenters. The normalized spacial score (nSPS) is 23.8. The minimum atomic E-state index is -0.0487. The second-order valence-electron chi connectivity index (χ2n) is 2.67. The van der Waals surface area contributed by atoms with Gasteiger partial charge in [-0.2, -0.15) is 0 Å². The van der Waals surface area contributed by atoms with Crippen LogP contribution in [-0.2, 0) is 9.53 Å². The molecule has 4 nitrogen and oxygen atoms in total. The summed E-state index contributed by atoms with van der Waals surface area (Å²) in [6, 6.07) is 0. The Balaban J connectivity index is 2.18. The van der Waals surface area contributed by atoms with Gasteiger partial charge in [0.25, 0.3) is 5.91 Å². The first-order valence-electron chi connectivity index (χ1n) is 3.71. The van der Waals surface area contributed by atoms with Crippen molar-refractivity contribution >= 4 is 5.91 Å². The summed E-state index contributed by atoms with van der Waals surface area (Å²) in [7, 11) is 0. The van der Waals surface area contributed by atoms with E-state index >= 15 is 0 Å². The summed E-state index contributed by atoms with van der Waals surface area (Å²) in [6.45, 7) is 1.84. The highest BCUT2D eigenvalue weighted by atomic mass is 16.5. The van der Waals surface area contributed by atoms with E-state index in [0.717, 1.165) is 31.0 Å². The Bertz CT molecular complexity index is 222. The molecule has 0 aromatic rings. The molecule has 11 heavy (non-hydrogen) atoms. The van der Waals surface area contributed by atoms with E-state index in [0.29, 0.717) is 0 Å². The standard InChI is InChI=1S/C7H10N2O2/c10-7-4-11-6-1-2-8-3-5(6)9-7/h8H,1-4H2,(H,9,10). The molecule has 0 fully saturated rings. The molecule has 0 aromatic carbocycles. The smallest absolute Gasteiger partial charge is 0.262 e. The third kappa shape index (κ3) is 1.21. The number of nitrogens with one attached hydrogen (secondary N) is 2. The summed E-state index contributed by atoms with van der Waals surface area (Å²) in [5.74, 6) is 0.899. The van der Waals surface area contributed by atoms with Gasteiger partial charge >= 0.3 is 0 Å². The number of carbonyl (C=O) groups excluding carboxylic acids is 1. The lowest BCUT2D eigenvalue weighted by Gasteiger charge is -2.25. The van der Waals surface area contributed by atoms with Gasteiger partial charge in [0.15, 0.2) is 6.61 Å². The van der Waals surface area contributed by atoms with Crippen LogP contribution in [-0.4, -0.2) is 25.6 Å². The van der Waals surface area contributed by atoms with Crippen LogP contribution in [0.2, 0.25) is 0 Å². The van der Waals surface area contributed by atoms with Crippen molar-refractivity contribution in [3.8, 4) is 0 Å². The molecule has 0 radical (unpaired) electrons. The second-order valence-corrected chi connectivity index (χ2v) is 2.67. The lowest BCUT2D eigenvalue weighted by Crippen LogP contribution is -2.41. The van der Waals surface area contributed by atoms with E-state index in [9.17, 15) is 4.79 Å². The lowest BCUT2D eigenvalue weighted by molar-refractivity contribution is -0.125. The first-order valence-corrected chi connectivity index (χ1v) is 3.71. The minimum Gasteiger partial charge on any atom is -0.486 e. The molecule has 0 aliphatic carbocycles. The highest BCUT2D eigenvalue weighted by molar-refractivity contribution is 5.80. The van der Waals surface area contributed by atoms with Crippen LogP contribution in [0.5, 0.6) is 0 Å². The van der Waals surface area contributed by atoms with Crippen LogP contribution in [0.1, 0.15) is 6.42 Å². The van der Waals surface area contributed by atoms with Gasteiger partial charge in [0.2, 0.25) is 0 Å². The van der Waals surface area contributed by atoms with E-state index in [1.807, 2.05) is 0 Å². The van der Waals surface area contributed by atoms with Gasteiger partial charge in [-0.1, -0.05) is 0 Å². The SMILES string of the molecule is O=C1COC2=C(CNCC2)N1. The molecule has 0 saturated carbocycles. The number of ether oxygens (including phenoxy) is 1. The fourth-order valence-electron chi connectivity index (χ4n) is 1.30. The average molecular weight is 154 g/mol. The molecule has 0 bridgehead atoms. The third-order valence-corrected chi connectivity index (χ3v) is 1.84. The number of rotatable bonds is 0. The van der Waals surface area contributed by atoms with E-state index < -0.39 is 0 Å². The summed E-state index contributed by atoms with van der Waals surface area (Å²) < 4.78 is 5.22. The molecular weight excluding hydrogens is 144 g/mol. The summed E-state index contributed by atoms with van der Waals surface area (Å²) in [4.78, 5) is 10.8. The van der Waals surface area contributed by atoms with Gasteiger partial charge in [0.1, 0.15) is 5.76 Å². The van der Waals surface area contributed by atoms with Gasteiger partial charge in [-0.3, -0.25) is 4.79 Å². The summed E-state index contributed by atoms with van der Waals surface area (Å²) in [5, 5.41) is 5.92. The zero-order valence-corrected chi connectivity index (χ0v) is 6.14. The Morgan fingerprint density at radius 3 is 3.27 bits per heavy atom. The second kappa shape index (κ2) is 2.54. The van der Waals surface area contributed by atoms with Crippen LogP contribution in [0.25, 0.3) is 0 Å². The molecule has 2 heterocycles. The van der Waals surface area contributed by atoms with Crippen LogP contribution < -0.4 is 10.6 Å². The molecule has 0 aromatic heterocycles. The van der Waals surface area contributed by atoms with Gasteiger partial charge in [0.05, 0.1) is 5.70 Å². The predicted molar refractivity (Wildman–Crippen MR) is 38.6 cm³/mol. The maximum atomic E-state index is 10.8. The minimum absolute atomic E-state index is 0.0487. The Morgan fingerprint density at radius 2 is 2.36 bits per heavy atom. The van der Waals surface area contributed by atoms with Crippen LogP contribution >= 0.6 is 0 Å². The van der Waals surface area contributed by atoms with E-state index in [4.69, 9.17) is 4.74 Å². The number of hydrogen-bond donors (Lipinski definition) is 2. The zero-order valence-electron chi connectivity index (χ0n) is 6.14. The molecule has 0 saturated heterocycles. The molecule has 2 aliphatic heterocycles. The topological polar surface area (TPSA) is 50.4 Å². The Morgan fingerprint density at radius 1 is 1.45 bits per heavy atom. The predicted octanol–water partition coefficient (Wildman–Crippen LogP) is -0.662. The van der Waals surface area contributed by atoms with Crippen molar-refractivity contribution in [3.63, 3.8) is 0 Å². The van der Waals surface area contributed by atoms with Crippen molar-refractivity contribution in [1.82, 2.24) is 10.6 Å². The number of carbonyl (C=O) groups is 1. The fraction of sp³-hybridized carbons (Fsp3) is 0.571. The van der Waals surface area contributed by atoms with Crippen LogP contribution in [0.4, 0.5) is 0 Å². The Labute approximate surface area is 64.6 Å². The first-order chi connectivity index (χ1) is 5.36. The van der Waals surface area contributed by atoms with Gasteiger partial charge < -0.3 is 15.4 Å². The Hall–Kier alpha value is -1.03. The van der Waals surface area contributed by atoms with Crippen molar-refractivity contribution in [3.05, 3.63) is 11.5 Å². The van der Waals surface area contributed by atoms with Crippen molar-refractivity contribution in [2.45, 2.75) is 6.42 Å². The highest BCUT2D eigenvalue weighted by Crippen LogP contribution is 2.14. The van der Waals surface area contributed by atoms with Crippen molar-refractivity contribution in [2.75, 3.05) is 19.7 Å². The molecule has 2 aliphatic rings. The van der Waals surface area contributed by atoms with E-state index in [2.05, 4.69) is 10.6 Å². The monoisotopic (exact) mass is 154 g/mol. The first kappa shape index (κ1) is 6.67. The number of hydrogen-bond acceptors (Lipinski definition) is 3. The van der Waals surface area contributed by atoms with Crippen molar-refractivity contribution in [2.24, 2.45) is 0 Å². The fourth-order valence-corrected chi connectivity index (χ4v) is 1.30. The van der Waals surface area contributed by atoms with Crippen LogP contribution in [0.15, 0.2) is 11.5 Å². The molecule has 60 valence electrons. The molecule has 4 heteroatoms. The third-order valence-electron chi connectivity index (χ3n) is 1.84. The molecule has 0 spiro atoms. The average Bonchev–Trinajstić information content (AvgIpc) is 2.04. The van der Waals surface area contributed by atoms with E-state index in [1.165, 1.54) is 0 Å². The summed E-state index contributed by atoms with van der Waals surface area (Å²) >= 11 is 0. The largest absolute Gasteiger partial charge is 0.486 e. The lowest BCUT2D eigenvalue weighted by atomic mass is 10.2.